The molecule has 2 heterocycles. The van der Waals surface area contributed by atoms with Gasteiger partial charge in [0.15, 0.2) is 6.61 Å². The number of aromatic nitrogens is 3. The smallest absolute Gasteiger partial charge is 0.262 e. The molecule has 0 saturated carbocycles. The van der Waals surface area contributed by atoms with Crippen LogP contribution in [0, 0.1) is 0 Å². The summed E-state index contributed by atoms with van der Waals surface area (Å²) in [4.78, 5) is 28.3. The number of carbonyl (C=O) groups is 2. The molecule has 2 amide bonds. The third-order valence-corrected chi connectivity index (χ3v) is 4.74. The Kier molecular flexibility index (Phi) is 5.07. The Labute approximate surface area is 169 Å². The van der Waals surface area contributed by atoms with Gasteiger partial charge in [0.05, 0.1) is 12.5 Å². The normalized spacial score (nSPS) is 15.5. The second-order valence-electron chi connectivity index (χ2n) is 6.18. The monoisotopic (exact) mass is 441 g/mol. The molecule has 4 rings (SSSR count). The molecule has 0 spiro atoms. The number of amides is 2. The Balaban J connectivity index is 1.55. The average molecular weight is 442 g/mol. The van der Waals surface area contributed by atoms with Gasteiger partial charge in [0.1, 0.15) is 12.1 Å². The molecule has 2 N–H and O–H groups in total. The van der Waals surface area contributed by atoms with E-state index in [2.05, 4.69) is 36.6 Å². The highest BCUT2D eigenvalue weighted by Gasteiger charge is 2.30. The van der Waals surface area contributed by atoms with Crippen molar-refractivity contribution >= 4 is 39.4 Å². The van der Waals surface area contributed by atoms with Crippen molar-refractivity contribution in [3.8, 4) is 5.75 Å². The van der Waals surface area contributed by atoms with E-state index in [4.69, 9.17) is 4.74 Å². The van der Waals surface area contributed by atoms with Crippen molar-refractivity contribution in [2.45, 2.75) is 12.5 Å². The molecule has 2 aromatic carbocycles. The number of hydrogen-bond donors (Lipinski definition) is 2. The van der Waals surface area contributed by atoms with Crippen LogP contribution < -0.4 is 15.4 Å². The van der Waals surface area contributed by atoms with Crippen LogP contribution in [-0.2, 0) is 9.59 Å². The molecule has 0 saturated heterocycles. The maximum absolute atomic E-state index is 12.2. The van der Waals surface area contributed by atoms with Gasteiger partial charge in [-0.3, -0.25) is 14.9 Å². The number of ether oxygens (including phenoxy) is 1. The van der Waals surface area contributed by atoms with Crippen LogP contribution in [0.5, 0.6) is 5.75 Å². The summed E-state index contributed by atoms with van der Waals surface area (Å²) in [6.45, 7) is -0.160. The van der Waals surface area contributed by atoms with E-state index in [0.29, 0.717) is 17.4 Å². The molecule has 0 bridgehead atoms. The molecule has 28 heavy (non-hydrogen) atoms. The van der Waals surface area contributed by atoms with Crippen LogP contribution in [0.2, 0.25) is 0 Å². The SMILES string of the molecule is O=C(COc1ccc(Br)cc1[C@H]1CC(=O)Nc2ncnn21)Nc1ccccc1. The minimum absolute atomic E-state index is 0.154. The fourth-order valence-electron chi connectivity index (χ4n) is 3.02. The Morgan fingerprint density at radius 2 is 2.11 bits per heavy atom. The summed E-state index contributed by atoms with van der Waals surface area (Å²) < 4.78 is 8.25. The molecule has 0 unspecified atom stereocenters. The first-order chi connectivity index (χ1) is 13.6. The summed E-state index contributed by atoms with van der Waals surface area (Å²) in [7, 11) is 0. The van der Waals surface area contributed by atoms with E-state index in [9.17, 15) is 9.59 Å². The van der Waals surface area contributed by atoms with Gasteiger partial charge in [-0.15, -0.1) is 0 Å². The summed E-state index contributed by atoms with van der Waals surface area (Å²) in [6.07, 6.45) is 1.58. The predicted octanol–water partition coefficient (Wildman–Crippen LogP) is 2.99. The third kappa shape index (κ3) is 3.89. The number of anilines is 2. The summed E-state index contributed by atoms with van der Waals surface area (Å²) in [6, 6.07) is 14.2. The van der Waals surface area contributed by atoms with E-state index < -0.39 is 0 Å². The largest absolute Gasteiger partial charge is 0.483 e. The number of benzene rings is 2. The van der Waals surface area contributed by atoms with Crippen molar-refractivity contribution in [1.82, 2.24) is 14.8 Å². The number of nitrogens with one attached hydrogen (secondary N) is 2. The fraction of sp³-hybridized carbons (Fsp3) is 0.158. The lowest BCUT2D eigenvalue weighted by atomic mass is 10.0. The first kappa shape index (κ1) is 18.2. The second-order valence-corrected chi connectivity index (χ2v) is 7.10. The van der Waals surface area contributed by atoms with Crippen LogP contribution in [0.1, 0.15) is 18.0 Å². The number of para-hydroxylation sites is 1. The van der Waals surface area contributed by atoms with Crippen LogP contribution in [0.25, 0.3) is 0 Å². The molecule has 0 radical (unpaired) electrons. The highest BCUT2D eigenvalue weighted by atomic mass is 79.9. The number of rotatable bonds is 5. The van der Waals surface area contributed by atoms with Gasteiger partial charge in [-0.2, -0.15) is 10.1 Å². The van der Waals surface area contributed by atoms with Crippen molar-refractivity contribution in [2.24, 2.45) is 0 Å². The molecule has 1 aliphatic rings. The van der Waals surface area contributed by atoms with Crippen molar-refractivity contribution in [1.29, 1.82) is 0 Å². The lowest BCUT2D eigenvalue weighted by molar-refractivity contribution is -0.118. The Hall–Kier alpha value is -3.20. The highest BCUT2D eigenvalue weighted by Crippen LogP contribution is 2.36. The first-order valence-electron chi connectivity index (χ1n) is 8.56. The number of carbonyl (C=O) groups excluding carboxylic acids is 2. The first-order valence-corrected chi connectivity index (χ1v) is 9.36. The molecule has 1 aliphatic heterocycles. The lowest BCUT2D eigenvalue weighted by Crippen LogP contribution is -2.30. The van der Waals surface area contributed by atoms with Crippen molar-refractivity contribution in [3.05, 3.63) is 64.9 Å². The molecule has 142 valence electrons. The Morgan fingerprint density at radius 1 is 1.29 bits per heavy atom. The zero-order valence-corrected chi connectivity index (χ0v) is 16.2. The Morgan fingerprint density at radius 3 is 2.93 bits per heavy atom. The van der Waals surface area contributed by atoms with Crippen molar-refractivity contribution in [3.63, 3.8) is 0 Å². The van der Waals surface area contributed by atoms with Gasteiger partial charge in [-0.1, -0.05) is 34.1 Å². The van der Waals surface area contributed by atoms with Gasteiger partial charge in [0.25, 0.3) is 5.91 Å². The third-order valence-electron chi connectivity index (χ3n) is 4.25. The van der Waals surface area contributed by atoms with Gasteiger partial charge in [-0.25, -0.2) is 4.68 Å². The van der Waals surface area contributed by atoms with Gasteiger partial charge in [-0.05, 0) is 30.3 Å². The lowest BCUT2D eigenvalue weighted by Gasteiger charge is -2.25. The molecule has 1 atom stereocenters. The molecule has 1 aromatic heterocycles. The topological polar surface area (TPSA) is 98.1 Å². The van der Waals surface area contributed by atoms with Gasteiger partial charge >= 0.3 is 0 Å². The van der Waals surface area contributed by atoms with Crippen LogP contribution in [-0.4, -0.2) is 33.2 Å². The number of hydrogen-bond acceptors (Lipinski definition) is 5. The van der Waals surface area contributed by atoms with Crippen LogP contribution in [0.3, 0.4) is 0 Å². The minimum Gasteiger partial charge on any atom is -0.483 e. The molecule has 9 heteroatoms. The molecule has 3 aromatic rings. The van der Waals surface area contributed by atoms with E-state index in [-0.39, 0.29) is 30.9 Å². The molecule has 0 aliphatic carbocycles. The zero-order valence-electron chi connectivity index (χ0n) is 14.6. The maximum Gasteiger partial charge on any atom is 0.262 e. The molecule has 8 nitrogen and oxygen atoms in total. The quantitative estimate of drug-likeness (QED) is 0.633. The number of fused-ring (bicyclic) bond motifs is 1. The van der Waals surface area contributed by atoms with Crippen LogP contribution >= 0.6 is 15.9 Å². The van der Waals surface area contributed by atoms with E-state index >= 15 is 0 Å². The minimum atomic E-state index is -0.379. The maximum atomic E-state index is 12.2. The van der Waals surface area contributed by atoms with Gasteiger partial charge in [0, 0.05) is 15.7 Å². The molecular weight excluding hydrogens is 426 g/mol. The summed E-state index contributed by atoms with van der Waals surface area (Å²) in [5.41, 5.74) is 1.44. The Bertz CT molecular complexity index is 1020. The van der Waals surface area contributed by atoms with E-state index in [1.54, 1.807) is 22.9 Å². The average Bonchev–Trinajstić information content (AvgIpc) is 3.15. The van der Waals surface area contributed by atoms with E-state index in [1.165, 1.54) is 6.33 Å². The van der Waals surface area contributed by atoms with Crippen molar-refractivity contribution < 1.29 is 14.3 Å². The van der Waals surface area contributed by atoms with Crippen LogP contribution in [0.4, 0.5) is 11.6 Å². The van der Waals surface area contributed by atoms with Crippen LogP contribution in [0.15, 0.2) is 59.3 Å². The number of halogens is 1. The summed E-state index contributed by atoms with van der Waals surface area (Å²) >= 11 is 3.45. The fourth-order valence-corrected chi connectivity index (χ4v) is 3.40. The highest BCUT2D eigenvalue weighted by molar-refractivity contribution is 9.10. The molecule has 0 fully saturated rings. The van der Waals surface area contributed by atoms with E-state index in [1.807, 2.05) is 30.3 Å². The van der Waals surface area contributed by atoms with Crippen molar-refractivity contribution in [2.75, 3.05) is 17.2 Å². The van der Waals surface area contributed by atoms with E-state index in [0.717, 1.165) is 10.0 Å². The van der Waals surface area contributed by atoms with Gasteiger partial charge < -0.3 is 10.1 Å². The van der Waals surface area contributed by atoms with Gasteiger partial charge in [0.2, 0.25) is 11.9 Å². The predicted molar refractivity (Wildman–Crippen MR) is 106 cm³/mol. The number of nitrogens with zero attached hydrogens (tertiary/aromatic N) is 3. The summed E-state index contributed by atoms with van der Waals surface area (Å²) in [5, 5.41) is 9.67. The zero-order chi connectivity index (χ0) is 19.5. The summed E-state index contributed by atoms with van der Waals surface area (Å²) in [5.74, 6) is 0.461. The second kappa shape index (κ2) is 7.81. The molecular formula is C19H16BrN5O3. The standard InChI is InChI=1S/C19H16BrN5O3/c20-12-6-7-16(28-10-18(27)23-13-4-2-1-3-5-13)14(8-12)15-9-17(26)24-19-21-11-22-25(15)19/h1-8,11,15H,9-10H2,(H,23,27)(H,21,22,24,26)/t15-/m1/s1.